The molecule has 0 heterocycles. The molecule has 0 amide bonds. The molecule has 0 aliphatic heterocycles. The van der Waals surface area contributed by atoms with Gasteiger partial charge in [-0.05, 0) is 66.7 Å². The van der Waals surface area contributed by atoms with Crippen molar-refractivity contribution in [2.45, 2.75) is 38.7 Å². The summed E-state index contributed by atoms with van der Waals surface area (Å²) in [6.45, 7) is 1.57. The van der Waals surface area contributed by atoms with Crippen LogP contribution in [0.1, 0.15) is 43.0 Å². The Kier molecular flexibility index (Phi) is 3.64. The number of halogens is 1. The lowest BCUT2D eigenvalue weighted by atomic mass is 10.1. The molecular formula is C13H15BrO2. The van der Waals surface area contributed by atoms with E-state index >= 15 is 0 Å². The molecule has 1 saturated carbocycles. The van der Waals surface area contributed by atoms with Crippen LogP contribution >= 0.6 is 15.9 Å². The van der Waals surface area contributed by atoms with Crippen LogP contribution in [0.3, 0.4) is 0 Å². The molecule has 0 N–H and O–H groups in total. The van der Waals surface area contributed by atoms with E-state index in [9.17, 15) is 4.79 Å². The maximum atomic E-state index is 11.3. The van der Waals surface area contributed by atoms with Crippen molar-refractivity contribution in [2.75, 3.05) is 0 Å². The molecule has 0 atom stereocenters. The van der Waals surface area contributed by atoms with Crippen LogP contribution in [-0.4, -0.2) is 11.9 Å². The number of ether oxygens (including phenoxy) is 1. The molecule has 0 radical (unpaired) electrons. The topological polar surface area (TPSA) is 26.3 Å². The third-order valence-corrected chi connectivity index (χ3v) is 3.58. The summed E-state index contributed by atoms with van der Waals surface area (Å²) in [4.78, 5) is 11.3. The second-order valence-electron chi connectivity index (χ2n) is 4.22. The highest BCUT2D eigenvalue weighted by Gasteiger charge is 2.17. The van der Waals surface area contributed by atoms with Gasteiger partial charge in [0.05, 0.1) is 6.10 Å². The molecule has 0 bridgehead atoms. The van der Waals surface area contributed by atoms with Crippen molar-refractivity contribution in [3.05, 3.63) is 28.2 Å². The molecule has 3 heteroatoms. The minimum absolute atomic E-state index is 0.0688. The average Bonchev–Trinajstić information content (AvgIpc) is 2.70. The molecule has 0 spiro atoms. The van der Waals surface area contributed by atoms with Gasteiger partial charge in [-0.25, -0.2) is 0 Å². The van der Waals surface area contributed by atoms with Gasteiger partial charge in [-0.3, -0.25) is 4.79 Å². The summed E-state index contributed by atoms with van der Waals surface area (Å²) in [6.07, 6.45) is 5.17. The molecule has 0 aromatic heterocycles. The molecule has 0 saturated heterocycles. The summed E-state index contributed by atoms with van der Waals surface area (Å²) in [6, 6.07) is 5.57. The number of carbonyl (C=O) groups excluding carboxylic acids is 1. The van der Waals surface area contributed by atoms with E-state index in [1.54, 1.807) is 6.92 Å². The van der Waals surface area contributed by atoms with Crippen LogP contribution in [-0.2, 0) is 0 Å². The van der Waals surface area contributed by atoms with Crippen molar-refractivity contribution in [2.24, 2.45) is 0 Å². The monoisotopic (exact) mass is 282 g/mol. The average molecular weight is 283 g/mol. The zero-order valence-electron chi connectivity index (χ0n) is 9.33. The maximum absolute atomic E-state index is 11.3. The van der Waals surface area contributed by atoms with E-state index in [2.05, 4.69) is 15.9 Å². The Morgan fingerprint density at radius 2 is 2.06 bits per heavy atom. The zero-order chi connectivity index (χ0) is 11.5. The first kappa shape index (κ1) is 11.6. The lowest BCUT2D eigenvalue weighted by Crippen LogP contribution is -2.11. The fourth-order valence-corrected chi connectivity index (χ4v) is 2.69. The van der Waals surface area contributed by atoms with E-state index < -0.39 is 0 Å². The third-order valence-electron chi connectivity index (χ3n) is 2.92. The minimum Gasteiger partial charge on any atom is -0.490 e. The van der Waals surface area contributed by atoms with Gasteiger partial charge in [0.15, 0.2) is 5.78 Å². The van der Waals surface area contributed by atoms with Gasteiger partial charge in [0.25, 0.3) is 0 Å². The molecule has 1 fully saturated rings. The second-order valence-corrected chi connectivity index (χ2v) is 5.08. The van der Waals surface area contributed by atoms with Crippen LogP contribution in [0.4, 0.5) is 0 Å². The Labute approximate surface area is 104 Å². The summed E-state index contributed by atoms with van der Waals surface area (Å²) >= 11 is 3.40. The Balaban J connectivity index is 2.11. The van der Waals surface area contributed by atoms with Crippen molar-refractivity contribution < 1.29 is 9.53 Å². The van der Waals surface area contributed by atoms with Crippen LogP contribution in [0.15, 0.2) is 22.7 Å². The molecule has 1 aromatic carbocycles. The summed E-state index contributed by atoms with van der Waals surface area (Å²) < 4.78 is 6.66. The first-order valence-corrected chi connectivity index (χ1v) is 6.43. The van der Waals surface area contributed by atoms with Crippen molar-refractivity contribution in [3.8, 4) is 5.75 Å². The molecule has 0 unspecified atom stereocenters. The Hall–Kier alpha value is -0.830. The van der Waals surface area contributed by atoms with Crippen LogP contribution in [0, 0.1) is 0 Å². The number of carbonyl (C=O) groups is 1. The van der Waals surface area contributed by atoms with E-state index in [0.29, 0.717) is 11.7 Å². The fourth-order valence-electron chi connectivity index (χ4n) is 2.05. The van der Waals surface area contributed by atoms with Crippen molar-refractivity contribution in [1.29, 1.82) is 0 Å². The Morgan fingerprint density at radius 3 is 2.62 bits per heavy atom. The number of Topliss-reactive ketones (excluding diaryl/α,β-unsaturated/α-hetero) is 1. The van der Waals surface area contributed by atoms with Crippen molar-refractivity contribution in [1.82, 2.24) is 0 Å². The normalized spacial score (nSPS) is 16.4. The maximum Gasteiger partial charge on any atom is 0.160 e. The van der Waals surface area contributed by atoms with Gasteiger partial charge in [-0.1, -0.05) is 0 Å². The van der Waals surface area contributed by atoms with E-state index in [1.807, 2.05) is 18.2 Å². The molecule has 86 valence electrons. The minimum atomic E-state index is 0.0688. The lowest BCUT2D eigenvalue weighted by Gasteiger charge is -2.13. The molecular weight excluding hydrogens is 268 g/mol. The summed E-state index contributed by atoms with van der Waals surface area (Å²) in [7, 11) is 0. The molecule has 1 aromatic rings. The smallest absolute Gasteiger partial charge is 0.160 e. The SMILES string of the molecule is CC(=O)c1ccc(OC2CCCC2)cc1Br. The second kappa shape index (κ2) is 5.00. The van der Waals surface area contributed by atoms with Gasteiger partial charge in [0.1, 0.15) is 5.75 Å². The fraction of sp³-hybridized carbons (Fsp3) is 0.462. The van der Waals surface area contributed by atoms with Gasteiger partial charge >= 0.3 is 0 Å². The van der Waals surface area contributed by atoms with Crippen LogP contribution < -0.4 is 4.74 Å². The molecule has 1 aliphatic carbocycles. The van der Waals surface area contributed by atoms with Gasteiger partial charge < -0.3 is 4.74 Å². The van der Waals surface area contributed by atoms with Crippen molar-refractivity contribution in [3.63, 3.8) is 0 Å². The predicted octanol–water partition coefficient (Wildman–Crippen LogP) is 3.97. The summed E-state index contributed by atoms with van der Waals surface area (Å²) in [5, 5.41) is 0. The van der Waals surface area contributed by atoms with Gasteiger partial charge in [0, 0.05) is 10.0 Å². The summed E-state index contributed by atoms with van der Waals surface area (Å²) in [5.74, 6) is 0.920. The Bertz CT molecular complexity index is 395. The number of ketones is 1. The number of hydrogen-bond acceptors (Lipinski definition) is 2. The molecule has 2 rings (SSSR count). The lowest BCUT2D eigenvalue weighted by molar-refractivity contribution is 0.101. The molecule has 1 aliphatic rings. The molecule has 16 heavy (non-hydrogen) atoms. The standard InChI is InChI=1S/C13H15BrO2/c1-9(15)12-7-6-11(8-13(12)14)16-10-4-2-3-5-10/h6-8,10H,2-5H2,1H3. The van der Waals surface area contributed by atoms with Crippen LogP contribution in [0.5, 0.6) is 5.75 Å². The van der Waals surface area contributed by atoms with E-state index in [1.165, 1.54) is 12.8 Å². The summed E-state index contributed by atoms with van der Waals surface area (Å²) in [5.41, 5.74) is 0.707. The van der Waals surface area contributed by atoms with Crippen LogP contribution in [0.2, 0.25) is 0 Å². The number of rotatable bonds is 3. The number of benzene rings is 1. The van der Waals surface area contributed by atoms with Gasteiger partial charge in [-0.2, -0.15) is 0 Å². The van der Waals surface area contributed by atoms with Gasteiger partial charge in [-0.15, -0.1) is 0 Å². The zero-order valence-corrected chi connectivity index (χ0v) is 10.9. The number of hydrogen-bond donors (Lipinski definition) is 0. The van der Waals surface area contributed by atoms with Crippen molar-refractivity contribution >= 4 is 21.7 Å². The van der Waals surface area contributed by atoms with E-state index in [0.717, 1.165) is 23.1 Å². The predicted molar refractivity (Wildman–Crippen MR) is 67.0 cm³/mol. The Morgan fingerprint density at radius 1 is 1.38 bits per heavy atom. The van der Waals surface area contributed by atoms with E-state index in [4.69, 9.17) is 4.74 Å². The van der Waals surface area contributed by atoms with Gasteiger partial charge in [0.2, 0.25) is 0 Å². The quantitative estimate of drug-likeness (QED) is 0.784. The first-order valence-electron chi connectivity index (χ1n) is 5.64. The largest absolute Gasteiger partial charge is 0.490 e. The van der Waals surface area contributed by atoms with E-state index in [-0.39, 0.29) is 5.78 Å². The van der Waals surface area contributed by atoms with Crippen LogP contribution in [0.25, 0.3) is 0 Å². The molecule has 2 nitrogen and oxygen atoms in total. The third kappa shape index (κ3) is 2.64. The highest BCUT2D eigenvalue weighted by Crippen LogP contribution is 2.28. The highest BCUT2D eigenvalue weighted by atomic mass is 79.9. The first-order chi connectivity index (χ1) is 7.66. The highest BCUT2D eigenvalue weighted by molar-refractivity contribution is 9.10.